The molecule has 0 bridgehead atoms. The van der Waals surface area contributed by atoms with Gasteiger partial charge in [-0.3, -0.25) is 18.9 Å². The summed E-state index contributed by atoms with van der Waals surface area (Å²) in [7, 11) is 0. The average Bonchev–Trinajstić information content (AvgIpc) is 3.18. The second-order valence-electron chi connectivity index (χ2n) is 8.62. The molecule has 37 heavy (non-hydrogen) atoms. The zero-order valence-electron chi connectivity index (χ0n) is 20.0. The molecule has 0 aliphatic carbocycles. The molecule has 1 saturated heterocycles. The molecule has 0 saturated carbocycles. The molecule has 7 nitrogen and oxygen atoms in total. The third-order valence-electron chi connectivity index (χ3n) is 6.06. The van der Waals surface area contributed by atoms with Gasteiger partial charge in [-0.1, -0.05) is 90.7 Å². The van der Waals surface area contributed by atoms with Crippen molar-refractivity contribution < 1.29 is 9.90 Å². The number of benzene rings is 2. The highest BCUT2D eigenvalue weighted by Crippen LogP contribution is 2.34. The van der Waals surface area contributed by atoms with Crippen molar-refractivity contribution in [3.63, 3.8) is 0 Å². The van der Waals surface area contributed by atoms with Gasteiger partial charge in [0.05, 0.1) is 23.1 Å². The van der Waals surface area contributed by atoms with E-state index < -0.39 is 6.10 Å². The molecule has 2 aromatic heterocycles. The molecule has 1 fully saturated rings. The molecule has 1 aliphatic rings. The van der Waals surface area contributed by atoms with E-state index in [1.54, 1.807) is 18.3 Å². The van der Waals surface area contributed by atoms with E-state index in [4.69, 9.17) is 17.2 Å². The summed E-state index contributed by atoms with van der Waals surface area (Å²) in [4.78, 5) is 33.4. The smallest absolute Gasteiger partial charge is 0.267 e. The predicted octanol–water partition coefficient (Wildman–Crippen LogP) is 4.55. The van der Waals surface area contributed by atoms with Crippen LogP contribution in [0.15, 0.2) is 88.7 Å². The number of carbonyl (C=O) groups excluding carboxylic acids is 1. The van der Waals surface area contributed by atoms with Crippen LogP contribution >= 0.6 is 24.0 Å². The van der Waals surface area contributed by atoms with Crippen LogP contribution in [-0.4, -0.2) is 36.2 Å². The molecule has 2 N–H and O–H groups in total. The number of aromatic nitrogens is 2. The van der Waals surface area contributed by atoms with Crippen LogP contribution in [0.4, 0.5) is 5.82 Å². The summed E-state index contributed by atoms with van der Waals surface area (Å²) in [5.74, 6) is 0.0328. The molecule has 1 atom stereocenters. The Morgan fingerprint density at radius 2 is 1.76 bits per heavy atom. The van der Waals surface area contributed by atoms with Crippen LogP contribution in [0.25, 0.3) is 11.7 Å². The van der Waals surface area contributed by atoms with Gasteiger partial charge in [-0.25, -0.2) is 4.98 Å². The van der Waals surface area contributed by atoms with Crippen LogP contribution in [0.2, 0.25) is 0 Å². The molecule has 186 valence electrons. The fourth-order valence-corrected chi connectivity index (χ4v) is 5.33. The predicted molar refractivity (Wildman–Crippen MR) is 151 cm³/mol. The highest BCUT2D eigenvalue weighted by Gasteiger charge is 2.32. The second kappa shape index (κ2) is 10.7. The SMILES string of the molecule is Cc1cccn2c(=O)c(/C=C3\SC(=S)N(Cc4ccccc4)C3=O)c(NCC(O)c3ccccc3)nc12. The molecule has 4 aromatic rings. The van der Waals surface area contributed by atoms with E-state index in [0.717, 1.165) is 28.5 Å². The number of aliphatic hydroxyl groups is 1. The topological polar surface area (TPSA) is 86.9 Å². The number of hydrogen-bond acceptors (Lipinski definition) is 7. The number of aryl methyl sites for hydroxylation is 1. The number of aliphatic hydroxyl groups excluding tert-OH is 1. The standard InChI is InChI=1S/C28H24N4O3S2/c1-18-9-8-14-31-25(18)30-24(29-16-22(33)20-12-6-3-7-13-20)21(26(31)34)15-23-27(35)32(28(36)37-23)17-19-10-4-2-5-11-19/h2-15,22,29,33H,16-17H2,1H3/b23-15-. The van der Waals surface area contributed by atoms with Crippen molar-refractivity contribution >= 4 is 51.7 Å². The van der Waals surface area contributed by atoms with Gasteiger partial charge in [0.25, 0.3) is 11.5 Å². The molecular formula is C28H24N4O3S2. The zero-order valence-corrected chi connectivity index (χ0v) is 21.6. The first-order valence-electron chi connectivity index (χ1n) is 11.7. The molecule has 0 spiro atoms. The van der Waals surface area contributed by atoms with Gasteiger partial charge < -0.3 is 10.4 Å². The van der Waals surface area contributed by atoms with Crippen LogP contribution in [0, 0.1) is 6.92 Å². The minimum absolute atomic E-state index is 0.133. The average molecular weight is 529 g/mol. The molecule has 1 amide bonds. The van der Waals surface area contributed by atoms with Crippen molar-refractivity contribution in [3.8, 4) is 0 Å². The zero-order chi connectivity index (χ0) is 25.9. The van der Waals surface area contributed by atoms with E-state index in [0.29, 0.717) is 27.2 Å². The third kappa shape index (κ3) is 5.20. The maximum atomic E-state index is 13.6. The Labute approximate surface area is 223 Å². The summed E-state index contributed by atoms with van der Waals surface area (Å²) < 4.78 is 1.89. The van der Waals surface area contributed by atoms with Crippen molar-refractivity contribution in [2.45, 2.75) is 19.6 Å². The molecule has 1 unspecified atom stereocenters. The van der Waals surface area contributed by atoms with Crippen LogP contribution < -0.4 is 10.9 Å². The molecule has 0 radical (unpaired) electrons. The van der Waals surface area contributed by atoms with Crippen LogP contribution in [-0.2, 0) is 11.3 Å². The maximum absolute atomic E-state index is 13.6. The third-order valence-corrected chi connectivity index (χ3v) is 7.44. The first-order chi connectivity index (χ1) is 17.9. The Bertz CT molecular complexity index is 1570. The van der Waals surface area contributed by atoms with E-state index >= 15 is 0 Å². The highest BCUT2D eigenvalue weighted by molar-refractivity contribution is 8.26. The lowest BCUT2D eigenvalue weighted by Gasteiger charge is -2.16. The first-order valence-corrected chi connectivity index (χ1v) is 12.9. The monoisotopic (exact) mass is 528 g/mol. The summed E-state index contributed by atoms with van der Waals surface area (Å²) in [6.45, 7) is 2.36. The Hall–Kier alpha value is -3.79. The van der Waals surface area contributed by atoms with Crippen molar-refractivity contribution in [3.05, 3.63) is 117 Å². The number of thioether (sulfide) groups is 1. The van der Waals surface area contributed by atoms with E-state index in [2.05, 4.69) is 5.32 Å². The fraction of sp³-hybridized carbons (Fsp3) is 0.143. The fourth-order valence-electron chi connectivity index (χ4n) is 4.10. The Morgan fingerprint density at radius 1 is 1.05 bits per heavy atom. The van der Waals surface area contributed by atoms with Crippen molar-refractivity contribution in [2.75, 3.05) is 11.9 Å². The summed E-state index contributed by atoms with van der Waals surface area (Å²) >= 11 is 6.65. The van der Waals surface area contributed by atoms with Crippen molar-refractivity contribution in [2.24, 2.45) is 0 Å². The lowest BCUT2D eigenvalue weighted by atomic mass is 10.1. The van der Waals surface area contributed by atoms with Crippen LogP contribution in [0.5, 0.6) is 0 Å². The molecule has 5 rings (SSSR count). The second-order valence-corrected chi connectivity index (χ2v) is 10.3. The lowest BCUT2D eigenvalue weighted by molar-refractivity contribution is -0.122. The minimum Gasteiger partial charge on any atom is -0.387 e. The minimum atomic E-state index is -0.810. The van der Waals surface area contributed by atoms with Gasteiger partial charge in [-0.15, -0.1) is 0 Å². The molecule has 3 heterocycles. The van der Waals surface area contributed by atoms with E-state index in [1.165, 1.54) is 9.30 Å². The van der Waals surface area contributed by atoms with Crippen LogP contribution in [0.3, 0.4) is 0 Å². The molecular weight excluding hydrogens is 504 g/mol. The number of amides is 1. The Morgan fingerprint density at radius 3 is 2.49 bits per heavy atom. The number of carbonyl (C=O) groups is 1. The quantitative estimate of drug-likeness (QED) is 0.269. The summed E-state index contributed by atoms with van der Waals surface area (Å²) in [6.07, 6.45) is 2.39. The van der Waals surface area contributed by atoms with E-state index in [9.17, 15) is 14.7 Å². The van der Waals surface area contributed by atoms with Gasteiger partial charge in [-0.05, 0) is 35.8 Å². The largest absolute Gasteiger partial charge is 0.387 e. The molecule has 1 aliphatic heterocycles. The number of hydrogen-bond donors (Lipinski definition) is 2. The number of thiocarbonyl (C=S) groups is 1. The number of anilines is 1. The lowest BCUT2D eigenvalue weighted by Crippen LogP contribution is -2.27. The van der Waals surface area contributed by atoms with Crippen molar-refractivity contribution in [1.29, 1.82) is 0 Å². The van der Waals surface area contributed by atoms with Gasteiger partial charge in [0, 0.05) is 12.7 Å². The maximum Gasteiger partial charge on any atom is 0.267 e. The molecule has 2 aromatic carbocycles. The normalized spacial score (nSPS) is 15.5. The number of nitrogens with one attached hydrogen (secondary N) is 1. The van der Waals surface area contributed by atoms with Crippen molar-refractivity contribution in [1.82, 2.24) is 14.3 Å². The first kappa shape index (κ1) is 24.9. The summed E-state index contributed by atoms with van der Waals surface area (Å²) in [5, 5.41) is 13.8. The number of nitrogens with zero attached hydrogens (tertiary/aromatic N) is 3. The van der Waals surface area contributed by atoms with Gasteiger partial charge in [0.1, 0.15) is 15.8 Å². The summed E-state index contributed by atoms with van der Waals surface area (Å²) in [6, 6.07) is 22.5. The molecule has 9 heteroatoms. The van der Waals surface area contributed by atoms with E-state index in [1.807, 2.05) is 73.7 Å². The summed E-state index contributed by atoms with van der Waals surface area (Å²) in [5.41, 5.74) is 2.93. The van der Waals surface area contributed by atoms with Gasteiger partial charge >= 0.3 is 0 Å². The Balaban J connectivity index is 1.51. The number of pyridine rings is 1. The van der Waals surface area contributed by atoms with Crippen LogP contribution in [0.1, 0.15) is 28.4 Å². The van der Waals surface area contributed by atoms with E-state index in [-0.39, 0.29) is 23.6 Å². The van der Waals surface area contributed by atoms with Gasteiger partial charge in [0.15, 0.2) is 0 Å². The Kier molecular flexibility index (Phi) is 7.18. The number of rotatable bonds is 7. The van der Waals surface area contributed by atoms with Gasteiger partial charge in [0.2, 0.25) is 0 Å². The number of fused-ring (bicyclic) bond motifs is 1. The van der Waals surface area contributed by atoms with Gasteiger partial charge in [-0.2, -0.15) is 0 Å². The highest BCUT2D eigenvalue weighted by atomic mass is 32.2.